The van der Waals surface area contributed by atoms with Gasteiger partial charge in [0.2, 0.25) is 0 Å². The Morgan fingerprint density at radius 1 is 0.606 bits per heavy atom. The van der Waals surface area contributed by atoms with Crippen LogP contribution in [-0.2, 0) is 45.9 Å². The van der Waals surface area contributed by atoms with Gasteiger partial charge in [0.25, 0.3) is 0 Å². The summed E-state index contributed by atoms with van der Waals surface area (Å²) in [6.45, 7) is 14.3. The first-order chi connectivity index (χ1) is 15.0. The van der Waals surface area contributed by atoms with Crippen LogP contribution in [0.4, 0.5) is 0 Å². The number of hydrogen-bond acceptors (Lipinski definition) is 6. The predicted molar refractivity (Wildman–Crippen MR) is 130 cm³/mol. The summed E-state index contributed by atoms with van der Waals surface area (Å²) in [5, 5.41) is 0. The molecule has 2 rings (SSSR count). The van der Waals surface area contributed by atoms with E-state index in [9.17, 15) is 25.9 Å². The van der Waals surface area contributed by atoms with Gasteiger partial charge in [-0.15, -0.1) is 26.3 Å². The molecule has 2 aromatic rings. The Kier molecular flexibility index (Phi) is 14.0. The fourth-order valence-electron chi connectivity index (χ4n) is 3.14. The molecule has 0 saturated carbocycles. The molecule has 0 radical (unpaired) electrons. The summed E-state index contributed by atoms with van der Waals surface area (Å²) in [6, 6.07) is 9.36. The molecule has 0 amide bonds. The molecule has 0 saturated heterocycles. The second-order valence-electron chi connectivity index (χ2n) is 6.67. The van der Waals surface area contributed by atoms with E-state index < -0.39 is 20.2 Å². The van der Waals surface area contributed by atoms with Gasteiger partial charge in [-0.1, -0.05) is 48.6 Å². The Bertz CT molecular complexity index is 1100. The van der Waals surface area contributed by atoms with Crippen molar-refractivity contribution in [3.8, 4) is 0 Å². The van der Waals surface area contributed by atoms with E-state index in [0.29, 0.717) is 36.8 Å². The molecule has 0 atom stereocenters. The summed E-state index contributed by atoms with van der Waals surface area (Å²) < 4.78 is 66.4. The number of allylic oxidation sites excluding steroid dienone is 4. The van der Waals surface area contributed by atoms with Crippen LogP contribution in [0.3, 0.4) is 0 Å². The summed E-state index contributed by atoms with van der Waals surface area (Å²) in [5.41, 5.74) is 2.64. The molecule has 0 aliphatic heterocycles. The average molecular weight is 515 g/mol. The molecule has 9 heteroatoms. The van der Waals surface area contributed by atoms with Crippen molar-refractivity contribution in [3.05, 3.63) is 109 Å². The second kappa shape index (κ2) is 14.7. The zero-order valence-corrected chi connectivity index (χ0v) is 22.2. The fourth-order valence-corrected chi connectivity index (χ4v) is 4.66. The van der Waals surface area contributed by atoms with Gasteiger partial charge in [0.1, 0.15) is 20.2 Å². The van der Waals surface area contributed by atoms with E-state index in [1.807, 2.05) is 0 Å². The minimum atomic E-state index is -4.43. The van der Waals surface area contributed by atoms with Crippen molar-refractivity contribution in [3.63, 3.8) is 0 Å². The molecule has 6 nitrogen and oxygen atoms in total. The molecule has 0 heterocycles. The second-order valence-corrected chi connectivity index (χ2v) is 9.36. The van der Waals surface area contributed by atoms with Gasteiger partial charge in [0.05, 0.1) is 9.79 Å². The van der Waals surface area contributed by atoms with E-state index in [1.165, 1.54) is 12.1 Å². The molecule has 0 aliphatic rings. The first kappa shape index (κ1) is 31.5. The third kappa shape index (κ3) is 9.70. The SMILES string of the molecule is C=CCc1cccc(S(=O)(=O)[O-])c1CC=C.C=CCc1cccc(S(=O)(=O)[O-])c1CC=C.[Ca+2]. The van der Waals surface area contributed by atoms with Crippen LogP contribution in [0.15, 0.2) is 96.8 Å². The van der Waals surface area contributed by atoms with E-state index in [-0.39, 0.29) is 47.5 Å². The van der Waals surface area contributed by atoms with Crippen LogP contribution < -0.4 is 0 Å². The first-order valence-corrected chi connectivity index (χ1v) is 12.4. The largest absolute Gasteiger partial charge is 2.00 e. The van der Waals surface area contributed by atoms with Gasteiger partial charge in [0, 0.05) is 0 Å². The van der Waals surface area contributed by atoms with Crippen LogP contribution in [-0.4, -0.2) is 63.7 Å². The van der Waals surface area contributed by atoms with E-state index in [1.54, 1.807) is 48.6 Å². The van der Waals surface area contributed by atoms with Crippen LogP contribution in [0.1, 0.15) is 22.3 Å². The number of rotatable bonds is 10. The molecular weight excluding hydrogens is 488 g/mol. The van der Waals surface area contributed by atoms with Crippen molar-refractivity contribution in [2.45, 2.75) is 35.5 Å². The van der Waals surface area contributed by atoms with Gasteiger partial charge in [-0.3, -0.25) is 0 Å². The van der Waals surface area contributed by atoms with Crippen LogP contribution >= 0.6 is 0 Å². The summed E-state index contributed by atoms with van der Waals surface area (Å²) in [4.78, 5) is -0.321. The van der Waals surface area contributed by atoms with Crippen molar-refractivity contribution in [1.29, 1.82) is 0 Å². The van der Waals surface area contributed by atoms with Crippen molar-refractivity contribution in [2.24, 2.45) is 0 Å². The molecule has 33 heavy (non-hydrogen) atoms. The Morgan fingerprint density at radius 2 is 0.909 bits per heavy atom. The predicted octanol–water partition coefficient (Wildman–Crippen LogP) is 3.71. The zero-order chi connectivity index (χ0) is 24.4. The summed E-state index contributed by atoms with van der Waals surface area (Å²) >= 11 is 0. The third-order valence-electron chi connectivity index (χ3n) is 4.42. The topological polar surface area (TPSA) is 114 Å². The Balaban J connectivity index is 0.000000602. The van der Waals surface area contributed by atoms with Crippen molar-refractivity contribution in [2.75, 3.05) is 0 Å². The molecule has 172 valence electrons. The van der Waals surface area contributed by atoms with Crippen molar-refractivity contribution >= 4 is 58.0 Å². The van der Waals surface area contributed by atoms with Crippen molar-refractivity contribution < 1.29 is 25.9 Å². The van der Waals surface area contributed by atoms with Gasteiger partial charge in [0.15, 0.2) is 0 Å². The van der Waals surface area contributed by atoms with E-state index in [4.69, 9.17) is 0 Å². The summed E-state index contributed by atoms with van der Waals surface area (Å²) in [6.07, 6.45) is 8.29. The molecule has 0 N–H and O–H groups in total. The molecular formula is C24H26CaO6S2. The maximum absolute atomic E-state index is 11.1. The normalized spacial score (nSPS) is 10.7. The zero-order valence-electron chi connectivity index (χ0n) is 18.4. The standard InChI is InChI=1S/2C12H14O3S.Ca/c2*1-3-6-10-8-5-9-12(16(13,14)15)11(10)7-4-2;/h2*3-5,8-9H,1-2,6-7H2,(H,13,14,15);/q;;+2/p-2. The summed E-state index contributed by atoms with van der Waals surface area (Å²) in [5.74, 6) is 0. The molecule has 0 bridgehead atoms. The van der Waals surface area contributed by atoms with Crippen LogP contribution in [0.5, 0.6) is 0 Å². The quantitative estimate of drug-likeness (QED) is 0.271. The van der Waals surface area contributed by atoms with E-state index >= 15 is 0 Å². The van der Waals surface area contributed by atoms with Gasteiger partial charge >= 0.3 is 37.7 Å². The van der Waals surface area contributed by atoms with Gasteiger partial charge in [-0.05, 0) is 60.1 Å². The molecule has 0 aromatic heterocycles. The molecule has 2 aromatic carbocycles. The maximum atomic E-state index is 11.1. The summed E-state index contributed by atoms with van der Waals surface area (Å²) in [7, 11) is -8.86. The maximum Gasteiger partial charge on any atom is 2.00 e. The third-order valence-corrected chi connectivity index (χ3v) is 6.27. The van der Waals surface area contributed by atoms with Gasteiger partial charge < -0.3 is 9.11 Å². The van der Waals surface area contributed by atoms with Gasteiger partial charge in [-0.25, -0.2) is 16.8 Å². The van der Waals surface area contributed by atoms with E-state index in [2.05, 4.69) is 26.3 Å². The Hall–Kier alpha value is -1.52. The monoisotopic (exact) mass is 514 g/mol. The van der Waals surface area contributed by atoms with Crippen LogP contribution in [0.2, 0.25) is 0 Å². The minimum Gasteiger partial charge on any atom is -0.744 e. The van der Waals surface area contributed by atoms with E-state index in [0.717, 1.165) is 11.1 Å². The number of benzene rings is 2. The van der Waals surface area contributed by atoms with Gasteiger partial charge in [-0.2, -0.15) is 0 Å². The average Bonchev–Trinajstić information content (AvgIpc) is 2.70. The molecule has 0 unspecified atom stereocenters. The fraction of sp³-hybridized carbons (Fsp3) is 0.167. The molecule has 0 spiro atoms. The Labute approximate surface area is 226 Å². The Morgan fingerprint density at radius 3 is 1.15 bits per heavy atom. The molecule has 0 aliphatic carbocycles. The first-order valence-electron chi connectivity index (χ1n) is 9.58. The smallest absolute Gasteiger partial charge is 0.744 e. The molecule has 0 fully saturated rings. The number of hydrogen-bond donors (Lipinski definition) is 0. The van der Waals surface area contributed by atoms with Crippen molar-refractivity contribution in [1.82, 2.24) is 0 Å². The minimum absolute atomic E-state index is 0. The van der Waals surface area contributed by atoms with Crippen LogP contribution in [0, 0.1) is 0 Å². The van der Waals surface area contributed by atoms with Crippen LogP contribution in [0.25, 0.3) is 0 Å².